The molecule has 5 heteroatoms. The van der Waals surface area contributed by atoms with Gasteiger partial charge in [-0.15, -0.1) is 0 Å². The minimum Gasteiger partial charge on any atom is -0.478 e. The molecule has 0 heterocycles. The van der Waals surface area contributed by atoms with Crippen LogP contribution in [-0.2, 0) is 6.42 Å². The molecule has 0 fully saturated rings. The fraction of sp³-hybridized carbons (Fsp3) is 0.188. The van der Waals surface area contributed by atoms with Crippen molar-refractivity contribution in [1.29, 1.82) is 0 Å². The number of rotatable bonds is 5. The summed E-state index contributed by atoms with van der Waals surface area (Å²) in [7, 11) is 0. The number of benzene rings is 2. The molecule has 0 aromatic heterocycles. The summed E-state index contributed by atoms with van der Waals surface area (Å²) in [6.45, 7) is 1.99. The van der Waals surface area contributed by atoms with E-state index in [0.717, 1.165) is 17.0 Å². The highest BCUT2D eigenvalue weighted by Gasteiger charge is 2.12. The van der Waals surface area contributed by atoms with Gasteiger partial charge < -0.3 is 10.4 Å². The molecule has 0 amide bonds. The van der Waals surface area contributed by atoms with E-state index in [2.05, 4.69) is 21.2 Å². The van der Waals surface area contributed by atoms with Crippen LogP contribution >= 0.6 is 15.9 Å². The molecule has 2 rings (SSSR count). The van der Waals surface area contributed by atoms with Gasteiger partial charge in [-0.25, -0.2) is 9.18 Å². The number of hydrogen-bond acceptors (Lipinski definition) is 2. The van der Waals surface area contributed by atoms with Crippen molar-refractivity contribution in [3.8, 4) is 0 Å². The Morgan fingerprint density at radius 3 is 2.57 bits per heavy atom. The van der Waals surface area contributed by atoms with Gasteiger partial charge in [-0.1, -0.05) is 28.1 Å². The maximum Gasteiger partial charge on any atom is 0.338 e. The van der Waals surface area contributed by atoms with Crippen LogP contribution in [0.5, 0.6) is 0 Å². The molecule has 21 heavy (non-hydrogen) atoms. The Hall–Kier alpha value is -1.88. The third kappa shape index (κ3) is 4.29. The monoisotopic (exact) mass is 351 g/mol. The van der Waals surface area contributed by atoms with Crippen LogP contribution in [0.25, 0.3) is 0 Å². The van der Waals surface area contributed by atoms with Crippen molar-refractivity contribution in [2.75, 3.05) is 5.32 Å². The number of carbonyl (C=O) groups is 1. The maximum atomic E-state index is 13.3. The third-order valence-corrected chi connectivity index (χ3v) is 3.59. The van der Waals surface area contributed by atoms with Crippen molar-refractivity contribution in [2.24, 2.45) is 0 Å². The second kappa shape index (κ2) is 6.72. The highest BCUT2D eigenvalue weighted by atomic mass is 79.9. The summed E-state index contributed by atoms with van der Waals surface area (Å²) >= 11 is 3.39. The lowest BCUT2D eigenvalue weighted by Gasteiger charge is -2.16. The first kappa shape index (κ1) is 15.5. The lowest BCUT2D eigenvalue weighted by atomic mass is 10.1. The fourth-order valence-corrected chi connectivity index (χ4v) is 2.35. The summed E-state index contributed by atoms with van der Waals surface area (Å²) < 4.78 is 14.4. The van der Waals surface area contributed by atoms with Gasteiger partial charge in [0.2, 0.25) is 0 Å². The van der Waals surface area contributed by atoms with Crippen LogP contribution in [0.4, 0.5) is 10.1 Å². The number of nitrogens with one attached hydrogen (secondary N) is 1. The molecular weight excluding hydrogens is 337 g/mol. The van der Waals surface area contributed by atoms with Gasteiger partial charge >= 0.3 is 5.97 Å². The van der Waals surface area contributed by atoms with Crippen LogP contribution < -0.4 is 5.32 Å². The number of anilines is 1. The number of carboxylic acids is 1. The molecule has 0 radical (unpaired) electrons. The topological polar surface area (TPSA) is 49.3 Å². The summed E-state index contributed by atoms with van der Waals surface area (Å²) in [4.78, 5) is 10.9. The zero-order valence-corrected chi connectivity index (χ0v) is 13.0. The Morgan fingerprint density at radius 1 is 1.29 bits per heavy atom. The van der Waals surface area contributed by atoms with Gasteiger partial charge in [-0.2, -0.15) is 0 Å². The largest absolute Gasteiger partial charge is 0.478 e. The molecular formula is C16H15BrFNO2. The Balaban J connectivity index is 2.05. The molecule has 3 nitrogen and oxygen atoms in total. The van der Waals surface area contributed by atoms with Crippen LogP contribution in [0.1, 0.15) is 22.8 Å². The van der Waals surface area contributed by atoms with E-state index < -0.39 is 11.8 Å². The van der Waals surface area contributed by atoms with Crippen molar-refractivity contribution < 1.29 is 14.3 Å². The van der Waals surface area contributed by atoms with Crippen molar-refractivity contribution in [3.05, 3.63) is 63.9 Å². The second-order valence-corrected chi connectivity index (χ2v) is 5.79. The van der Waals surface area contributed by atoms with Gasteiger partial charge in [0.15, 0.2) is 0 Å². The summed E-state index contributed by atoms with van der Waals surface area (Å²) in [6, 6.07) is 12.1. The average molecular weight is 352 g/mol. The van der Waals surface area contributed by atoms with E-state index in [1.54, 1.807) is 6.07 Å². The minimum absolute atomic E-state index is 0.0956. The molecule has 0 saturated heterocycles. The van der Waals surface area contributed by atoms with Crippen LogP contribution in [0.2, 0.25) is 0 Å². The van der Waals surface area contributed by atoms with Crippen molar-refractivity contribution in [1.82, 2.24) is 0 Å². The molecule has 0 aliphatic heterocycles. The average Bonchev–Trinajstić information content (AvgIpc) is 2.43. The van der Waals surface area contributed by atoms with Gasteiger partial charge in [0.05, 0.1) is 5.56 Å². The van der Waals surface area contributed by atoms with E-state index >= 15 is 0 Å². The van der Waals surface area contributed by atoms with Crippen LogP contribution in [0, 0.1) is 5.82 Å². The van der Waals surface area contributed by atoms with Crippen molar-refractivity contribution >= 4 is 27.6 Å². The van der Waals surface area contributed by atoms with Crippen LogP contribution in [-0.4, -0.2) is 17.1 Å². The molecule has 110 valence electrons. The predicted molar refractivity (Wildman–Crippen MR) is 84.3 cm³/mol. The lowest BCUT2D eigenvalue weighted by Crippen LogP contribution is -2.18. The number of carboxylic acid groups (broad SMARTS) is 1. The van der Waals surface area contributed by atoms with Gasteiger partial charge in [0.25, 0.3) is 0 Å². The Bertz CT molecular complexity index is 643. The summed E-state index contributed by atoms with van der Waals surface area (Å²) in [6.07, 6.45) is 0.785. The fourth-order valence-electron chi connectivity index (χ4n) is 2.09. The summed E-state index contributed by atoms with van der Waals surface area (Å²) in [5, 5.41) is 12.1. The van der Waals surface area contributed by atoms with E-state index in [-0.39, 0.29) is 11.6 Å². The molecule has 2 aromatic carbocycles. The molecule has 0 saturated carbocycles. The smallest absolute Gasteiger partial charge is 0.338 e. The lowest BCUT2D eigenvalue weighted by molar-refractivity contribution is 0.0692. The zero-order valence-electron chi connectivity index (χ0n) is 11.4. The maximum absolute atomic E-state index is 13.3. The standard InChI is InChI=1S/C16H15BrFNO2/c1-10(8-11-2-4-12(17)5-3-11)19-13-6-7-15(18)14(9-13)16(20)21/h2-7,9-10,19H,8H2,1H3,(H,20,21). The van der Waals surface area contributed by atoms with E-state index in [0.29, 0.717) is 5.69 Å². The highest BCUT2D eigenvalue weighted by molar-refractivity contribution is 9.10. The van der Waals surface area contributed by atoms with Crippen molar-refractivity contribution in [3.63, 3.8) is 0 Å². The molecule has 0 spiro atoms. The molecule has 1 atom stereocenters. The summed E-state index contributed by atoms with van der Waals surface area (Å²) in [5.41, 5.74) is 1.44. The van der Waals surface area contributed by atoms with Crippen molar-refractivity contribution in [2.45, 2.75) is 19.4 Å². The van der Waals surface area contributed by atoms with Gasteiger partial charge in [0.1, 0.15) is 5.82 Å². The van der Waals surface area contributed by atoms with E-state index in [9.17, 15) is 9.18 Å². The van der Waals surface area contributed by atoms with Crippen LogP contribution in [0.15, 0.2) is 46.9 Å². The summed E-state index contributed by atoms with van der Waals surface area (Å²) in [5.74, 6) is -2.00. The quantitative estimate of drug-likeness (QED) is 0.842. The van der Waals surface area contributed by atoms with Gasteiger partial charge in [-0.3, -0.25) is 0 Å². The van der Waals surface area contributed by atoms with E-state index in [1.165, 1.54) is 11.6 Å². The molecule has 0 aliphatic rings. The van der Waals surface area contributed by atoms with E-state index in [4.69, 9.17) is 5.11 Å². The van der Waals surface area contributed by atoms with Crippen LogP contribution in [0.3, 0.4) is 0 Å². The Labute approximate surface area is 130 Å². The first-order valence-electron chi connectivity index (χ1n) is 6.49. The number of aromatic carboxylic acids is 1. The first-order valence-corrected chi connectivity index (χ1v) is 7.29. The molecule has 2 aromatic rings. The minimum atomic E-state index is -1.27. The molecule has 2 N–H and O–H groups in total. The highest BCUT2D eigenvalue weighted by Crippen LogP contribution is 2.17. The molecule has 0 aliphatic carbocycles. The SMILES string of the molecule is CC(Cc1ccc(Br)cc1)Nc1ccc(F)c(C(=O)O)c1. The number of hydrogen-bond donors (Lipinski definition) is 2. The normalized spacial score (nSPS) is 12.0. The second-order valence-electron chi connectivity index (χ2n) is 4.88. The zero-order chi connectivity index (χ0) is 15.4. The van der Waals surface area contributed by atoms with E-state index in [1.807, 2.05) is 31.2 Å². The van der Waals surface area contributed by atoms with Gasteiger partial charge in [0, 0.05) is 16.2 Å². The first-order chi connectivity index (χ1) is 9.95. The number of halogens is 2. The van der Waals surface area contributed by atoms with Gasteiger partial charge in [-0.05, 0) is 49.2 Å². The Morgan fingerprint density at radius 2 is 1.95 bits per heavy atom. The molecule has 0 bridgehead atoms. The molecule has 1 unspecified atom stereocenters. The predicted octanol–water partition coefficient (Wildman–Crippen LogP) is 4.33. The third-order valence-electron chi connectivity index (χ3n) is 3.06. The Kier molecular flexibility index (Phi) is 4.96.